The van der Waals surface area contributed by atoms with Crippen molar-refractivity contribution in [1.82, 2.24) is 0 Å². The molecule has 76 valence electrons. The van der Waals surface area contributed by atoms with Gasteiger partial charge >= 0.3 is 0 Å². The van der Waals surface area contributed by atoms with Gasteiger partial charge in [-0.15, -0.1) is 0 Å². The molecule has 0 amide bonds. The van der Waals surface area contributed by atoms with Gasteiger partial charge in [0, 0.05) is 0 Å². The number of allylic oxidation sites excluding steroid dienone is 6. The molecular formula is C12H17NS. The first-order valence-electron chi connectivity index (χ1n) is 4.79. The highest BCUT2D eigenvalue weighted by Crippen LogP contribution is 2.31. The minimum Gasteiger partial charge on any atom is -0.298 e. The first kappa shape index (κ1) is 11.3. The van der Waals surface area contributed by atoms with Gasteiger partial charge in [-0.05, 0) is 55.7 Å². The van der Waals surface area contributed by atoms with E-state index in [-0.39, 0.29) is 0 Å². The monoisotopic (exact) mass is 207 g/mol. The summed E-state index contributed by atoms with van der Waals surface area (Å²) in [6.45, 7) is 8.28. The molecule has 0 aromatic rings. The molecule has 0 aromatic carbocycles. The third-order valence-electron chi connectivity index (χ3n) is 2.52. The Hall–Kier alpha value is -0.760. The van der Waals surface area contributed by atoms with Gasteiger partial charge in [-0.25, -0.2) is 0 Å². The minimum atomic E-state index is 0.667. The summed E-state index contributed by atoms with van der Waals surface area (Å²) in [6.07, 6.45) is 5.31. The van der Waals surface area contributed by atoms with Gasteiger partial charge in [-0.3, -0.25) is 5.41 Å². The van der Waals surface area contributed by atoms with Gasteiger partial charge in [0.2, 0.25) is 0 Å². The molecule has 1 rings (SSSR count). The lowest BCUT2D eigenvalue weighted by atomic mass is 10.1. The second-order valence-corrected chi connectivity index (χ2v) is 4.93. The summed E-state index contributed by atoms with van der Waals surface area (Å²) in [4.78, 5) is 1.31. The minimum absolute atomic E-state index is 0.667. The smallest absolute Gasteiger partial charge is 0.0655 e. The van der Waals surface area contributed by atoms with Crippen LogP contribution in [0.2, 0.25) is 0 Å². The predicted octanol–water partition coefficient (Wildman–Crippen LogP) is 4.29. The first-order chi connectivity index (χ1) is 6.52. The second-order valence-electron chi connectivity index (χ2n) is 3.62. The van der Waals surface area contributed by atoms with Crippen molar-refractivity contribution < 1.29 is 0 Å². The number of rotatable bonds is 1. The van der Waals surface area contributed by atoms with Crippen molar-refractivity contribution in [1.29, 1.82) is 5.41 Å². The molecule has 14 heavy (non-hydrogen) atoms. The molecule has 1 aliphatic rings. The maximum Gasteiger partial charge on any atom is 0.0655 e. The molecule has 0 radical (unpaired) electrons. The van der Waals surface area contributed by atoms with E-state index in [9.17, 15) is 0 Å². The number of hydrogen-bond acceptors (Lipinski definition) is 2. The summed E-state index contributed by atoms with van der Waals surface area (Å²) in [5.41, 5.74) is 4.02. The van der Waals surface area contributed by atoms with E-state index in [1.54, 1.807) is 11.8 Å². The van der Waals surface area contributed by atoms with Crippen LogP contribution in [0.25, 0.3) is 0 Å². The highest BCUT2D eigenvalue weighted by molar-refractivity contribution is 8.17. The number of nitrogens with one attached hydrogen (secondary N) is 1. The van der Waals surface area contributed by atoms with E-state index in [2.05, 4.69) is 32.9 Å². The SMILES string of the molecule is CC(=N)SC1=C(C)C(C)=C(C)C=CC1. The van der Waals surface area contributed by atoms with Crippen LogP contribution in [-0.2, 0) is 0 Å². The van der Waals surface area contributed by atoms with Crippen LogP contribution in [0.3, 0.4) is 0 Å². The summed E-state index contributed by atoms with van der Waals surface area (Å²) >= 11 is 1.58. The Morgan fingerprint density at radius 1 is 1.29 bits per heavy atom. The maximum absolute atomic E-state index is 7.50. The van der Waals surface area contributed by atoms with Crippen molar-refractivity contribution in [3.63, 3.8) is 0 Å². The fourth-order valence-corrected chi connectivity index (χ4v) is 2.28. The molecule has 0 heterocycles. The summed E-state index contributed by atoms with van der Waals surface area (Å²) in [5.74, 6) is 0. The highest BCUT2D eigenvalue weighted by Gasteiger charge is 2.09. The fourth-order valence-electron chi connectivity index (χ4n) is 1.43. The van der Waals surface area contributed by atoms with Crippen molar-refractivity contribution in [3.8, 4) is 0 Å². The lowest BCUT2D eigenvalue weighted by Gasteiger charge is -2.09. The van der Waals surface area contributed by atoms with Crippen LogP contribution in [0.15, 0.2) is 33.8 Å². The Morgan fingerprint density at radius 3 is 2.50 bits per heavy atom. The fraction of sp³-hybridized carbons (Fsp3) is 0.417. The molecule has 0 saturated heterocycles. The number of hydrogen-bond donors (Lipinski definition) is 1. The number of thioether (sulfide) groups is 1. The molecule has 2 heteroatoms. The van der Waals surface area contributed by atoms with Crippen LogP contribution in [0.4, 0.5) is 0 Å². The largest absolute Gasteiger partial charge is 0.298 e. The van der Waals surface area contributed by atoms with Crippen LogP contribution >= 0.6 is 11.8 Å². The summed E-state index contributed by atoms with van der Waals surface area (Å²) < 4.78 is 0. The molecule has 0 spiro atoms. The lowest BCUT2D eigenvalue weighted by Crippen LogP contribution is -1.89. The normalized spacial score (nSPS) is 17.4. The topological polar surface area (TPSA) is 23.9 Å². The van der Waals surface area contributed by atoms with Crippen LogP contribution in [-0.4, -0.2) is 5.04 Å². The molecule has 0 fully saturated rings. The van der Waals surface area contributed by atoms with Crippen molar-refractivity contribution >= 4 is 16.8 Å². The second kappa shape index (κ2) is 4.65. The Morgan fingerprint density at radius 2 is 1.93 bits per heavy atom. The molecule has 0 unspecified atom stereocenters. The van der Waals surface area contributed by atoms with Gasteiger partial charge in [0.05, 0.1) is 5.04 Å². The average molecular weight is 207 g/mol. The van der Waals surface area contributed by atoms with Crippen LogP contribution in [0.1, 0.15) is 34.1 Å². The molecule has 1 nitrogen and oxygen atoms in total. The van der Waals surface area contributed by atoms with Crippen LogP contribution < -0.4 is 0 Å². The third kappa shape index (κ3) is 2.61. The first-order valence-corrected chi connectivity index (χ1v) is 5.61. The van der Waals surface area contributed by atoms with Crippen molar-refractivity contribution in [2.45, 2.75) is 34.1 Å². The average Bonchev–Trinajstić information content (AvgIpc) is 2.21. The summed E-state index contributed by atoms with van der Waals surface area (Å²) in [7, 11) is 0. The van der Waals surface area contributed by atoms with E-state index in [0.717, 1.165) is 6.42 Å². The van der Waals surface area contributed by atoms with E-state index in [0.29, 0.717) is 5.04 Å². The van der Waals surface area contributed by atoms with Gasteiger partial charge in [-0.1, -0.05) is 23.9 Å². The molecule has 1 N–H and O–H groups in total. The van der Waals surface area contributed by atoms with E-state index >= 15 is 0 Å². The van der Waals surface area contributed by atoms with E-state index in [1.807, 2.05) is 6.92 Å². The molecular weight excluding hydrogens is 190 g/mol. The summed E-state index contributed by atoms with van der Waals surface area (Å²) in [5, 5.41) is 8.16. The zero-order valence-electron chi connectivity index (χ0n) is 9.27. The Labute approximate surface area is 90.5 Å². The van der Waals surface area contributed by atoms with Gasteiger partial charge in [-0.2, -0.15) is 0 Å². The van der Waals surface area contributed by atoms with E-state index < -0.39 is 0 Å². The highest BCUT2D eigenvalue weighted by atomic mass is 32.2. The lowest BCUT2D eigenvalue weighted by molar-refractivity contribution is 1.25. The zero-order chi connectivity index (χ0) is 10.7. The maximum atomic E-state index is 7.50. The van der Waals surface area contributed by atoms with Gasteiger partial charge in [0.15, 0.2) is 0 Å². The molecule has 0 aliphatic heterocycles. The predicted molar refractivity (Wildman–Crippen MR) is 65.8 cm³/mol. The zero-order valence-corrected chi connectivity index (χ0v) is 10.1. The van der Waals surface area contributed by atoms with Crippen LogP contribution in [0, 0.1) is 5.41 Å². The van der Waals surface area contributed by atoms with Crippen molar-refractivity contribution in [3.05, 3.63) is 33.8 Å². The van der Waals surface area contributed by atoms with Crippen molar-refractivity contribution in [2.24, 2.45) is 0 Å². The standard InChI is InChI=1S/C12H17NS/c1-8-6-5-7-12(14-11(4)13)10(3)9(8)2/h5-6,13H,7H2,1-4H3. The molecule has 1 aliphatic carbocycles. The van der Waals surface area contributed by atoms with E-state index in [1.165, 1.54) is 21.6 Å². The van der Waals surface area contributed by atoms with Crippen molar-refractivity contribution in [2.75, 3.05) is 0 Å². The molecule has 0 atom stereocenters. The summed E-state index contributed by atoms with van der Waals surface area (Å²) in [6, 6.07) is 0. The Balaban J connectivity index is 3.05. The molecule has 0 saturated carbocycles. The third-order valence-corrected chi connectivity index (χ3v) is 3.55. The van der Waals surface area contributed by atoms with Gasteiger partial charge < -0.3 is 0 Å². The Kier molecular flexibility index (Phi) is 3.76. The van der Waals surface area contributed by atoms with Crippen LogP contribution in [0.5, 0.6) is 0 Å². The van der Waals surface area contributed by atoms with Gasteiger partial charge in [0.25, 0.3) is 0 Å². The van der Waals surface area contributed by atoms with Gasteiger partial charge in [0.1, 0.15) is 0 Å². The quantitative estimate of drug-likeness (QED) is 0.503. The molecule has 0 bridgehead atoms. The molecule has 0 aromatic heterocycles. The Bertz CT molecular complexity index is 345. The van der Waals surface area contributed by atoms with E-state index in [4.69, 9.17) is 5.41 Å².